The number of ether oxygens (including phenoxy) is 4. The van der Waals surface area contributed by atoms with Crippen LogP contribution in [-0.4, -0.2) is 44.8 Å². The number of cyclic esters (lactones) is 1. The lowest BCUT2D eigenvalue weighted by Gasteiger charge is -2.36. The minimum Gasteiger partial charge on any atom is -0.462 e. The monoisotopic (exact) mass is 430 g/mol. The quantitative estimate of drug-likeness (QED) is 0.361. The van der Waals surface area contributed by atoms with Crippen molar-refractivity contribution < 1.29 is 33.3 Å². The van der Waals surface area contributed by atoms with Crippen LogP contribution in [0.5, 0.6) is 0 Å². The maximum Gasteiger partial charge on any atom is 0.339 e. The lowest BCUT2D eigenvalue weighted by Crippen LogP contribution is -2.48. The van der Waals surface area contributed by atoms with Crippen LogP contribution < -0.4 is 11.1 Å². The van der Waals surface area contributed by atoms with E-state index in [-0.39, 0.29) is 42.5 Å². The number of nitrogens with two attached hydrogens (primary N) is 1. The molecule has 0 aromatic heterocycles. The Morgan fingerprint density at radius 1 is 1.10 bits per heavy atom. The van der Waals surface area contributed by atoms with Crippen LogP contribution in [0.15, 0.2) is 47.0 Å². The number of nitrogens with one attached hydrogen (secondary N) is 1. The fourth-order valence-corrected chi connectivity index (χ4v) is 3.80. The normalized spacial score (nSPS) is 19.8. The number of hydrogen-bond donors (Lipinski definition) is 2. The molecule has 0 saturated carbocycles. The molecule has 1 aromatic carbocycles. The summed E-state index contributed by atoms with van der Waals surface area (Å²) in [5.41, 5.74) is 4.84. The second kappa shape index (κ2) is 9.22. The fourth-order valence-electron chi connectivity index (χ4n) is 3.80. The number of carbonyl (C=O) groups is 3. The van der Waals surface area contributed by atoms with E-state index in [1.807, 2.05) is 6.92 Å². The van der Waals surface area contributed by atoms with E-state index >= 15 is 0 Å². The van der Waals surface area contributed by atoms with Gasteiger partial charge >= 0.3 is 17.9 Å². The zero-order valence-electron chi connectivity index (χ0n) is 17.8. The van der Waals surface area contributed by atoms with Gasteiger partial charge in [-0.1, -0.05) is 31.5 Å². The molecule has 1 aromatic rings. The number of allylic oxidation sites excluding steroid dienone is 1. The van der Waals surface area contributed by atoms with Gasteiger partial charge in [-0.3, -0.25) is 0 Å². The molecule has 2 heterocycles. The molecule has 1 spiro atoms. The molecule has 166 valence electrons. The van der Waals surface area contributed by atoms with Gasteiger partial charge < -0.3 is 30.0 Å². The molecular weight excluding hydrogens is 404 g/mol. The number of anilines is 1. The largest absolute Gasteiger partial charge is 0.462 e. The number of hydrogen-bond acceptors (Lipinski definition) is 9. The highest BCUT2D eigenvalue weighted by Crippen LogP contribution is 2.52. The van der Waals surface area contributed by atoms with Gasteiger partial charge in [-0.2, -0.15) is 0 Å². The molecule has 9 heteroatoms. The first-order chi connectivity index (χ1) is 14.9. The maximum atomic E-state index is 13.3. The van der Waals surface area contributed by atoms with Gasteiger partial charge in [0.15, 0.2) is 5.41 Å². The van der Waals surface area contributed by atoms with Gasteiger partial charge in [-0.15, -0.1) is 0 Å². The summed E-state index contributed by atoms with van der Waals surface area (Å²) in [4.78, 5) is 39.6. The van der Waals surface area contributed by atoms with Crippen LogP contribution >= 0.6 is 0 Å². The van der Waals surface area contributed by atoms with E-state index in [9.17, 15) is 14.4 Å². The van der Waals surface area contributed by atoms with Crippen LogP contribution in [0.25, 0.3) is 0 Å². The van der Waals surface area contributed by atoms with Crippen molar-refractivity contribution in [1.82, 2.24) is 0 Å². The van der Waals surface area contributed by atoms with Crippen molar-refractivity contribution in [3.63, 3.8) is 0 Å². The van der Waals surface area contributed by atoms with E-state index < -0.39 is 23.3 Å². The summed E-state index contributed by atoms with van der Waals surface area (Å²) in [6.45, 7) is 3.71. The molecule has 3 N–H and O–H groups in total. The molecule has 0 bridgehead atoms. The number of unbranched alkanes of at least 4 members (excludes halogenated alkanes) is 1. The molecule has 9 nitrogen and oxygen atoms in total. The average molecular weight is 430 g/mol. The Bertz CT molecular complexity index is 966. The van der Waals surface area contributed by atoms with Gasteiger partial charge in [0.25, 0.3) is 0 Å². The molecule has 0 radical (unpaired) electrons. The molecule has 0 aliphatic carbocycles. The SMILES string of the molecule is CCCCOC(=O)C1=C(N)Nc2ccccc2C12C(=O)OC(C)=C2C(=O)OCCOC. The molecule has 1 unspecified atom stereocenters. The number of benzene rings is 1. The number of fused-ring (bicyclic) bond motifs is 2. The summed E-state index contributed by atoms with van der Waals surface area (Å²) in [7, 11) is 1.47. The Morgan fingerprint density at radius 2 is 1.77 bits per heavy atom. The van der Waals surface area contributed by atoms with Crippen LogP contribution in [0.4, 0.5) is 5.69 Å². The van der Waals surface area contributed by atoms with Gasteiger partial charge in [0.2, 0.25) is 0 Å². The van der Waals surface area contributed by atoms with E-state index in [1.54, 1.807) is 24.3 Å². The van der Waals surface area contributed by atoms with Crippen LogP contribution in [0.3, 0.4) is 0 Å². The number of para-hydroxylation sites is 1. The van der Waals surface area contributed by atoms with Crippen LogP contribution in [-0.2, 0) is 38.7 Å². The summed E-state index contributed by atoms with van der Waals surface area (Å²) in [5, 5.41) is 2.93. The van der Waals surface area contributed by atoms with Crippen molar-refractivity contribution >= 4 is 23.6 Å². The van der Waals surface area contributed by atoms with E-state index in [0.29, 0.717) is 17.7 Å². The molecule has 0 amide bonds. The number of esters is 3. The highest BCUT2D eigenvalue weighted by molar-refractivity contribution is 6.15. The third-order valence-corrected chi connectivity index (χ3v) is 5.18. The van der Waals surface area contributed by atoms with Crippen molar-refractivity contribution in [2.45, 2.75) is 32.1 Å². The third-order valence-electron chi connectivity index (χ3n) is 5.18. The van der Waals surface area contributed by atoms with E-state index in [2.05, 4.69) is 5.32 Å². The summed E-state index contributed by atoms with van der Waals surface area (Å²) >= 11 is 0. The Morgan fingerprint density at radius 3 is 2.48 bits per heavy atom. The highest BCUT2D eigenvalue weighted by Gasteiger charge is 2.62. The van der Waals surface area contributed by atoms with Crippen LogP contribution in [0, 0.1) is 0 Å². The van der Waals surface area contributed by atoms with Gasteiger partial charge in [-0.05, 0) is 19.4 Å². The molecular formula is C22H26N2O7. The fraction of sp³-hybridized carbons (Fsp3) is 0.409. The molecule has 0 fully saturated rings. The second-order valence-corrected chi connectivity index (χ2v) is 7.15. The Labute approximate surface area is 180 Å². The summed E-state index contributed by atoms with van der Waals surface area (Å²) < 4.78 is 21.0. The molecule has 2 aliphatic heterocycles. The van der Waals surface area contributed by atoms with Crippen LogP contribution in [0.1, 0.15) is 32.3 Å². The van der Waals surface area contributed by atoms with Gasteiger partial charge in [0, 0.05) is 18.4 Å². The number of carbonyl (C=O) groups excluding carboxylic acids is 3. The number of methoxy groups -OCH3 is 1. The highest BCUT2D eigenvalue weighted by atomic mass is 16.6. The van der Waals surface area contributed by atoms with Gasteiger partial charge in [0.05, 0.1) is 13.2 Å². The van der Waals surface area contributed by atoms with Crippen molar-refractivity contribution in [2.24, 2.45) is 5.73 Å². The Hall–Kier alpha value is -3.33. The summed E-state index contributed by atoms with van der Waals surface area (Å²) in [6.07, 6.45) is 1.45. The van der Waals surface area contributed by atoms with Gasteiger partial charge in [-0.25, -0.2) is 14.4 Å². The first-order valence-corrected chi connectivity index (χ1v) is 10.0. The van der Waals surface area contributed by atoms with Gasteiger partial charge in [0.1, 0.15) is 29.3 Å². The smallest absolute Gasteiger partial charge is 0.339 e. The van der Waals surface area contributed by atoms with E-state index in [1.165, 1.54) is 14.0 Å². The Kier molecular flexibility index (Phi) is 6.65. The van der Waals surface area contributed by atoms with Crippen LogP contribution in [0.2, 0.25) is 0 Å². The standard InChI is InChI=1S/C22H26N2O7/c1-4-5-10-29-20(26)17-18(23)24-15-9-7-6-8-14(15)22(17)16(13(2)31-21(22)27)19(25)30-12-11-28-3/h6-9,24H,4-5,10-12,23H2,1-3H3. The molecule has 2 aliphatic rings. The van der Waals surface area contributed by atoms with E-state index in [4.69, 9.17) is 24.7 Å². The third kappa shape index (κ3) is 3.76. The average Bonchev–Trinajstić information content (AvgIpc) is 2.98. The zero-order valence-corrected chi connectivity index (χ0v) is 17.8. The van der Waals surface area contributed by atoms with Crippen molar-refractivity contribution in [3.8, 4) is 0 Å². The molecule has 3 rings (SSSR count). The predicted molar refractivity (Wildman–Crippen MR) is 110 cm³/mol. The topological polar surface area (TPSA) is 126 Å². The maximum absolute atomic E-state index is 13.3. The second-order valence-electron chi connectivity index (χ2n) is 7.15. The first-order valence-electron chi connectivity index (χ1n) is 10.0. The summed E-state index contributed by atoms with van der Waals surface area (Å²) in [5.74, 6) is -2.47. The zero-order chi connectivity index (χ0) is 22.6. The number of rotatable bonds is 8. The van der Waals surface area contributed by atoms with Crippen molar-refractivity contribution in [1.29, 1.82) is 0 Å². The lowest BCUT2D eigenvalue weighted by molar-refractivity contribution is -0.147. The minimum atomic E-state index is -1.90. The lowest BCUT2D eigenvalue weighted by atomic mass is 9.67. The van der Waals surface area contributed by atoms with Crippen molar-refractivity contribution in [3.05, 3.63) is 52.6 Å². The van der Waals surface area contributed by atoms with Crippen molar-refractivity contribution in [2.75, 3.05) is 32.2 Å². The molecule has 31 heavy (non-hydrogen) atoms. The predicted octanol–water partition coefficient (Wildman–Crippen LogP) is 1.88. The summed E-state index contributed by atoms with van der Waals surface area (Å²) in [6, 6.07) is 6.76. The molecule has 1 atom stereocenters. The molecule has 0 saturated heterocycles. The first kappa shape index (κ1) is 22.4. The Balaban J connectivity index is 2.18. The van der Waals surface area contributed by atoms with E-state index in [0.717, 1.165) is 6.42 Å². The minimum absolute atomic E-state index is 0.0360.